The van der Waals surface area contributed by atoms with Gasteiger partial charge >= 0.3 is 0 Å². The third-order valence-corrected chi connectivity index (χ3v) is 3.13. The summed E-state index contributed by atoms with van der Waals surface area (Å²) in [5, 5.41) is 36.3. The summed E-state index contributed by atoms with van der Waals surface area (Å²) in [5.41, 5.74) is 11.5. The van der Waals surface area contributed by atoms with Crippen LogP contribution < -0.4 is 11.5 Å². The molecule has 7 N–H and O–H groups in total. The summed E-state index contributed by atoms with van der Waals surface area (Å²) in [6, 6.07) is 0. The summed E-state index contributed by atoms with van der Waals surface area (Å²) in [6.45, 7) is -0.444. The molecule has 0 spiro atoms. The number of aromatic nitrogens is 5. The standard InChI is InChI=1S/C9H13N7O4/c10-6-3-7(13-9(11)12-6)16(15-14-3)8-5(19)4(18)2(1-17)20-8/h2,4-5,8,17-19H,1H2,(H4,10,11,12,13)/t2-,4-,5-,8-/m1/s1. The molecule has 1 aliphatic heterocycles. The molecule has 20 heavy (non-hydrogen) atoms. The Morgan fingerprint density at radius 2 is 1.95 bits per heavy atom. The van der Waals surface area contributed by atoms with Crippen LogP contribution in [-0.2, 0) is 4.74 Å². The molecular weight excluding hydrogens is 270 g/mol. The maximum atomic E-state index is 9.95. The minimum absolute atomic E-state index is 0.0468. The van der Waals surface area contributed by atoms with Gasteiger partial charge in [-0.15, -0.1) is 5.10 Å². The molecule has 0 radical (unpaired) electrons. The quantitative estimate of drug-likeness (QED) is 0.381. The summed E-state index contributed by atoms with van der Waals surface area (Å²) in [5.74, 6) is -0.0317. The van der Waals surface area contributed by atoms with Crippen LogP contribution in [0.25, 0.3) is 11.2 Å². The lowest BCUT2D eigenvalue weighted by molar-refractivity contribution is -0.0574. The van der Waals surface area contributed by atoms with E-state index >= 15 is 0 Å². The Morgan fingerprint density at radius 3 is 2.60 bits per heavy atom. The normalized spacial score (nSPS) is 30.1. The second kappa shape index (κ2) is 4.49. The molecule has 2 aromatic rings. The van der Waals surface area contributed by atoms with Gasteiger partial charge in [0.05, 0.1) is 6.61 Å². The van der Waals surface area contributed by atoms with Gasteiger partial charge in [-0.05, 0) is 0 Å². The van der Waals surface area contributed by atoms with Gasteiger partial charge in [0.2, 0.25) is 5.95 Å². The average molecular weight is 283 g/mol. The Hall–Kier alpha value is -2.08. The first kappa shape index (κ1) is 12.9. The van der Waals surface area contributed by atoms with E-state index in [0.29, 0.717) is 0 Å². The van der Waals surface area contributed by atoms with E-state index in [2.05, 4.69) is 20.3 Å². The Kier molecular flexibility index (Phi) is 2.90. The number of fused-ring (bicyclic) bond motifs is 1. The molecule has 0 aromatic carbocycles. The Balaban J connectivity index is 2.07. The van der Waals surface area contributed by atoms with Crippen LogP contribution in [-0.4, -0.2) is 65.2 Å². The average Bonchev–Trinajstić information content (AvgIpc) is 2.93. The van der Waals surface area contributed by atoms with Crippen molar-refractivity contribution in [1.29, 1.82) is 0 Å². The first-order valence-electron chi connectivity index (χ1n) is 5.79. The SMILES string of the molecule is Nc1nc(N)c2nnn([C@@H]3O[C@H](CO)[C@@H](O)[C@H]3O)c2n1. The van der Waals surface area contributed by atoms with E-state index in [1.165, 1.54) is 0 Å². The van der Waals surface area contributed by atoms with Crippen LogP contribution in [0.2, 0.25) is 0 Å². The van der Waals surface area contributed by atoms with Gasteiger partial charge in [-0.3, -0.25) is 0 Å². The van der Waals surface area contributed by atoms with Crippen LogP contribution in [0.5, 0.6) is 0 Å². The van der Waals surface area contributed by atoms with Crippen molar-refractivity contribution in [3.8, 4) is 0 Å². The minimum Gasteiger partial charge on any atom is -0.394 e. The fourth-order valence-corrected chi connectivity index (χ4v) is 2.12. The van der Waals surface area contributed by atoms with Gasteiger partial charge in [-0.1, -0.05) is 5.21 Å². The number of hydrogen-bond acceptors (Lipinski definition) is 10. The molecule has 0 amide bonds. The van der Waals surface area contributed by atoms with Crippen molar-refractivity contribution >= 4 is 22.9 Å². The summed E-state index contributed by atoms with van der Waals surface area (Å²) in [6.07, 6.45) is -4.53. The fourth-order valence-electron chi connectivity index (χ4n) is 2.12. The fraction of sp³-hybridized carbons (Fsp3) is 0.556. The predicted molar refractivity (Wildman–Crippen MR) is 65.0 cm³/mol. The topological polar surface area (TPSA) is 178 Å². The number of anilines is 2. The number of rotatable bonds is 2. The molecule has 0 bridgehead atoms. The van der Waals surface area contributed by atoms with Crippen LogP contribution in [0.3, 0.4) is 0 Å². The number of aliphatic hydroxyl groups excluding tert-OH is 3. The van der Waals surface area contributed by atoms with Crippen molar-refractivity contribution in [3.05, 3.63) is 0 Å². The molecule has 0 aliphatic carbocycles. The molecular formula is C9H13N7O4. The summed E-state index contributed by atoms with van der Waals surface area (Å²) >= 11 is 0. The van der Waals surface area contributed by atoms with Gasteiger partial charge in [0.1, 0.15) is 18.3 Å². The number of ether oxygens (including phenoxy) is 1. The number of nitrogen functional groups attached to an aromatic ring is 2. The van der Waals surface area contributed by atoms with Gasteiger partial charge in [-0.2, -0.15) is 14.6 Å². The van der Waals surface area contributed by atoms with Crippen LogP contribution in [0.15, 0.2) is 0 Å². The van der Waals surface area contributed by atoms with Crippen LogP contribution in [0.1, 0.15) is 6.23 Å². The molecule has 1 aliphatic rings. The molecule has 108 valence electrons. The number of aliphatic hydroxyl groups is 3. The predicted octanol–water partition coefficient (Wildman–Crippen LogP) is -3.00. The molecule has 0 unspecified atom stereocenters. The van der Waals surface area contributed by atoms with E-state index in [1.54, 1.807) is 0 Å². The third kappa shape index (κ3) is 1.76. The van der Waals surface area contributed by atoms with Crippen LogP contribution in [0.4, 0.5) is 11.8 Å². The number of hydrogen-bond donors (Lipinski definition) is 5. The molecule has 3 heterocycles. The molecule has 0 saturated carbocycles. The first-order valence-corrected chi connectivity index (χ1v) is 5.79. The van der Waals surface area contributed by atoms with Gasteiger partial charge < -0.3 is 31.5 Å². The highest BCUT2D eigenvalue weighted by molar-refractivity contribution is 5.81. The van der Waals surface area contributed by atoms with E-state index in [4.69, 9.17) is 21.3 Å². The Bertz CT molecular complexity index is 647. The molecule has 2 aromatic heterocycles. The zero-order valence-electron chi connectivity index (χ0n) is 10.2. The van der Waals surface area contributed by atoms with E-state index < -0.39 is 31.1 Å². The van der Waals surface area contributed by atoms with Crippen molar-refractivity contribution in [3.63, 3.8) is 0 Å². The third-order valence-electron chi connectivity index (χ3n) is 3.13. The number of nitrogens with zero attached hydrogens (tertiary/aromatic N) is 5. The molecule has 1 fully saturated rings. The lowest BCUT2D eigenvalue weighted by Crippen LogP contribution is -2.33. The first-order chi connectivity index (χ1) is 9.52. The van der Waals surface area contributed by atoms with E-state index in [-0.39, 0.29) is 22.9 Å². The highest BCUT2D eigenvalue weighted by Crippen LogP contribution is 2.31. The van der Waals surface area contributed by atoms with Crippen molar-refractivity contribution in [2.24, 2.45) is 0 Å². The van der Waals surface area contributed by atoms with Crippen molar-refractivity contribution in [2.75, 3.05) is 18.1 Å². The Labute approximate surface area is 111 Å². The smallest absolute Gasteiger partial charge is 0.224 e. The van der Waals surface area contributed by atoms with Gasteiger partial charge in [-0.25, -0.2) is 0 Å². The highest BCUT2D eigenvalue weighted by Gasteiger charge is 2.44. The van der Waals surface area contributed by atoms with Crippen molar-refractivity contribution < 1.29 is 20.1 Å². The van der Waals surface area contributed by atoms with E-state index in [0.717, 1.165) is 4.68 Å². The molecule has 11 heteroatoms. The zero-order chi connectivity index (χ0) is 14.4. The number of nitrogens with two attached hydrogens (primary N) is 2. The second-order valence-corrected chi connectivity index (χ2v) is 4.40. The van der Waals surface area contributed by atoms with Crippen molar-refractivity contribution in [2.45, 2.75) is 24.5 Å². The van der Waals surface area contributed by atoms with Crippen LogP contribution in [0, 0.1) is 0 Å². The molecule has 11 nitrogen and oxygen atoms in total. The largest absolute Gasteiger partial charge is 0.394 e. The molecule has 3 rings (SSSR count). The van der Waals surface area contributed by atoms with Gasteiger partial charge in [0.25, 0.3) is 0 Å². The van der Waals surface area contributed by atoms with E-state index in [9.17, 15) is 10.2 Å². The van der Waals surface area contributed by atoms with E-state index in [1.807, 2.05) is 0 Å². The maximum Gasteiger partial charge on any atom is 0.224 e. The molecule has 4 atom stereocenters. The summed E-state index contributed by atoms with van der Waals surface area (Å²) in [7, 11) is 0. The second-order valence-electron chi connectivity index (χ2n) is 4.40. The zero-order valence-corrected chi connectivity index (χ0v) is 10.2. The van der Waals surface area contributed by atoms with Gasteiger partial charge in [0.15, 0.2) is 23.2 Å². The minimum atomic E-state index is -1.30. The monoisotopic (exact) mass is 283 g/mol. The van der Waals surface area contributed by atoms with Crippen LogP contribution >= 0.6 is 0 Å². The lowest BCUT2D eigenvalue weighted by atomic mass is 10.1. The Morgan fingerprint density at radius 1 is 1.20 bits per heavy atom. The highest BCUT2D eigenvalue weighted by atomic mass is 16.6. The van der Waals surface area contributed by atoms with Crippen molar-refractivity contribution in [1.82, 2.24) is 25.0 Å². The van der Waals surface area contributed by atoms with Gasteiger partial charge in [0, 0.05) is 0 Å². The maximum absolute atomic E-state index is 9.95. The summed E-state index contributed by atoms with van der Waals surface area (Å²) < 4.78 is 6.48. The summed E-state index contributed by atoms with van der Waals surface area (Å²) in [4.78, 5) is 7.68. The lowest BCUT2D eigenvalue weighted by Gasteiger charge is -2.14. The molecule has 1 saturated heterocycles.